The van der Waals surface area contributed by atoms with Gasteiger partial charge in [-0.2, -0.15) is 0 Å². The van der Waals surface area contributed by atoms with Gasteiger partial charge in [-0.3, -0.25) is 0 Å². The van der Waals surface area contributed by atoms with Crippen LogP contribution in [0.2, 0.25) is 0 Å². The zero-order chi connectivity index (χ0) is 14.1. The van der Waals surface area contributed by atoms with Gasteiger partial charge in [0.05, 0.1) is 9.79 Å². The average molecular weight is 324 g/mol. The fraction of sp³-hybridized carbons (Fsp3) is 0.455. The molecule has 1 aliphatic rings. The number of hydrogen-bond acceptors (Lipinski definition) is 4. The Labute approximate surface area is 117 Å². The highest BCUT2D eigenvalue weighted by atomic mass is 35.7. The second kappa shape index (κ2) is 5.40. The van der Waals surface area contributed by atoms with Crippen LogP contribution in [0.1, 0.15) is 19.3 Å². The molecule has 0 bridgehead atoms. The Morgan fingerprint density at radius 1 is 1.05 bits per heavy atom. The van der Waals surface area contributed by atoms with Crippen molar-refractivity contribution < 1.29 is 16.8 Å². The van der Waals surface area contributed by atoms with E-state index in [0.717, 1.165) is 19.3 Å². The summed E-state index contributed by atoms with van der Waals surface area (Å²) in [4.78, 5) is -0.0806. The third-order valence-electron chi connectivity index (χ3n) is 3.20. The monoisotopic (exact) mass is 323 g/mol. The Balaban J connectivity index is 2.11. The Morgan fingerprint density at radius 2 is 1.58 bits per heavy atom. The first-order chi connectivity index (χ1) is 8.79. The van der Waals surface area contributed by atoms with Gasteiger partial charge in [0.15, 0.2) is 0 Å². The molecular weight excluding hydrogens is 310 g/mol. The molecule has 0 atom stereocenters. The van der Waals surface area contributed by atoms with Crippen LogP contribution in [-0.2, 0) is 19.1 Å². The van der Waals surface area contributed by atoms with Crippen molar-refractivity contribution in [2.24, 2.45) is 5.92 Å². The summed E-state index contributed by atoms with van der Waals surface area (Å²) in [7, 11) is -2.25. The van der Waals surface area contributed by atoms with E-state index in [1.807, 2.05) is 0 Å². The molecule has 0 aliphatic heterocycles. The number of halogens is 1. The van der Waals surface area contributed by atoms with Crippen molar-refractivity contribution in [3.63, 3.8) is 0 Å². The zero-order valence-corrected chi connectivity index (χ0v) is 12.4. The first-order valence-electron chi connectivity index (χ1n) is 5.83. The van der Waals surface area contributed by atoms with Gasteiger partial charge in [-0.25, -0.2) is 21.6 Å². The molecule has 0 aromatic heterocycles. The van der Waals surface area contributed by atoms with Gasteiger partial charge in [0.2, 0.25) is 10.0 Å². The Bertz CT molecular complexity index is 648. The SMILES string of the molecule is O=S(=O)(Cl)c1ccc(S(=O)(=O)NCC2CCC2)cc1. The molecular formula is C11H14ClNO4S2. The van der Waals surface area contributed by atoms with E-state index in [4.69, 9.17) is 10.7 Å². The van der Waals surface area contributed by atoms with Crippen molar-refractivity contribution in [3.05, 3.63) is 24.3 Å². The van der Waals surface area contributed by atoms with E-state index in [1.165, 1.54) is 24.3 Å². The van der Waals surface area contributed by atoms with Crippen molar-refractivity contribution in [2.75, 3.05) is 6.54 Å². The third-order valence-corrected chi connectivity index (χ3v) is 6.01. The number of rotatable bonds is 5. The number of hydrogen-bond donors (Lipinski definition) is 1. The highest BCUT2D eigenvalue weighted by molar-refractivity contribution is 8.13. The van der Waals surface area contributed by atoms with Crippen LogP contribution in [0.25, 0.3) is 0 Å². The lowest BCUT2D eigenvalue weighted by molar-refractivity contribution is 0.316. The number of nitrogens with one attached hydrogen (secondary N) is 1. The van der Waals surface area contributed by atoms with Gasteiger partial charge in [-0.15, -0.1) is 0 Å². The molecule has 1 N–H and O–H groups in total. The van der Waals surface area contributed by atoms with Crippen LogP contribution in [0.3, 0.4) is 0 Å². The Hall–Kier alpha value is -0.630. The molecule has 19 heavy (non-hydrogen) atoms. The zero-order valence-electron chi connectivity index (χ0n) is 10.0. The average Bonchev–Trinajstić information content (AvgIpc) is 2.26. The molecule has 1 saturated carbocycles. The molecule has 0 heterocycles. The fourth-order valence-corrected chi connectivity index (χ4v) is 3.68. The van der Waals surface area contributed by atoms with Gasteiger partial charge in [0.25, 0.3) is 9.05 Å². The van der Waals surface area contributed by atoms with E-state index in [1.54, 1.807) is 0 Å². The maximum absolute atomic E-state index is 11.9. The topological polar surface area (TPSA) is 80.3 Å². The van der Waals surface area contributed by atoms with Crippen LogP contribution < -0.4 is 4.72 Å². The quantitative estimate of drug-likeness (QED) is 0.836. The molecule has 1 fully saturated rings. The Morgan fingerprint density at radius 3 is 2.00 bits per heavy atom. The van der Waals surface area contributed by atoms with Gasteiger partial charge in [-0.1, -0.05) is 6.42 Å². The van der Waals surface area contributed by atoms with E-state index >= 15 is 0 Å². The van der Waals surface area contributed by atoms with Gasteiger partial charge in [-0.05, 0) is 43.0 Å². The maximum Gasteiger partial charge on any atom is 0.261 e. The molecule has 2 rings (SSSR count). The molecule has 1 aromatic rings. The van der Waals surface area contributed by atoms with Crippen molar-refractivity contribution >= 4 is 29.8 Å². The van der Waals surface area contributed by atoms with Crippen LogP contribution in [0.4, 0.5) is 0 Å². The molecule has 0 unspecified atom stereocenters. The lowest BCUT2D eigenvalue weighted by atomic mass is 9.86. The normalized spacial score (nSPS) is 17.1. The lowest BCUT2D eigenvalue weighted by Crippen LogP contribution is -2.32. The molecule has 8 heteroatoms. The van der Waals surface area contributed by atoms with Gasteiger partial charge >= 0.3 is 0 Å². The largest absolute Gasteiger partial charge is 0.261 e. The van der Waals surface area contributed by atoms with Crippen LogP contribution in [-0.4, -0.2) is 23.4 Å². The molecule has 0 amide bonds. The standard InChI is InChI=1S/C11H14ClNO4S2/c12-18(14,15)10-4-6-11(7-5-10)19(16,17)13-8-9-2-1-3-9/h4-7,9,13H,1-3,8H2. The van der Waals surface area contributed by atoms with Crippen LogP contribution >= 0.6 is 10.7 Å². The second-order valence-corrected chi connectivity index (χ2v) is 8.89. The summed E-state index contributed by atoms with van der Waals surface area (Å²) in [6.07, 6.45) is 3.24. The summed E-state index contributed by atoms with van der Waals surface area (Å²) >= 11 is 0. The van der Waals surface area contributed by atoms with Crippen molar-refractivity contribution in [1.82, 2.24) is 4.72 Å². The van der Waals surface area contributed by atoms with Gasteiger partial charge < -0.3 is 0 Å². The minimum Gasteiger partial charge on any atom is -0.211 e. The predicted octanol–water partition coefficient (Wildman–Crippen LogP) is 1.69. The van der Waals surface area contributed by atoms with E-state index in [-0.39, 0.29) is 9.79 Å². The van der Waals surface area contributed by atoms with Crippen LogP contribution in [0.15, 0.2) is 34.1 Å². The summed E-state index contributed by atoms with van der Waals surface area (Å²) in [5.41, 5.74) is 0. The number of sulfonamides is 1. The maximum atomic E-state index is 11.9. The molecule has 1 aliphatic carbocycles. The van der Waals surface area contributed by atoms with Crippen LogP contribution in [0, 0.1) is 5.92 Å². The molecule has 5 nitrogen and oxygen atoms in total. The highest BCUT2D eigenvalue weighted by Crippen LogP contribution is 2.26. The van der Waals surface area contributed by atoms with Crippen molar-refractivity contribution in [1.29, 1.82) is 0 Å². The lowest BCUT2D eigenvalue weighted by Gasteiger charge is -2.25. The summed E-state index contributed by atoms with van der Waals surface area (Å²) < 4.78 is 48.5. The van der Waals surface area contributed by atoms with Crippen LogP contribution in [0.5, 0.6) is 0 Å². The van der Waals surface area contributed by atoms with E-state index in [9.17, 15) is 16.8 Å². The van der Waals surface area contributed by atoms with Gasteiger partial charge in [0, 0.05) is 17.2 Å². The van der Waals surface area contributed by atoms with Gasteiger partial charge in [0.1, 0.15) is 0 Å². The minimum absolute atomic E-state index is 0.0379. The van der Waals surface area contributed by atoms with Crippen molar-refractivity contribution in [2.45, 2.75) is 29.1 Å². The van der Waals surface area contributed by atoms with Crippen molar-refractivity contribution in [3.8, 4) is 0 Å². The third kappa shape index (κ3) is 3.68. The highest BCUT2D eigenvalue weighted by Gasteiger charge is 2.21. The van der Waals surface area contributed by atoms with E-state index in [0.29, 0.717) is 12.5 Å². The summed E-state index contributed by atoms with van der Waals surface area (Å²) in [6, 6.07) is 4.83. The molecule has 0 spiro atoms. The minimum atomic E-state index is -3.83. The van der Waals surface area contributed by atoms with E-state index in [2.05, 4.69) is 4.72 Å². The molecule has 1 aromatic carbocycles. The predicted molar refractivity (Wildman–Crippen MR) is 72.0 cm³/mol. The number of benzene rings is 1. The first kappa shape index (κ1) is 14.8. The Kier molecular flexibility index (Phi) is 4.20. The molecule has 0 radical (unpaired) electrons. The summed E-state index contributed by atoms with van der Waals surface area (Å²) in [6.45, 7) is 0.428. The second-order valence-electron chi connectivity index (χ2n) is 4.56. The molecule has 106 valence electrons. The smallest absolute Gasteiger partial charge is 0.211 e. The summed E-state index contributed by atoms with van der Waals surface area (Å²) in [5, 5.41) is 0. The fourth-order valence-electron chi connectivity index (χ4n) is 1.79. The van der Waals surface area contributed by atoms with E-state index < -0.39 is 19.1 Å². The molecule has 0 saturated heterocycles. The first-order valence-corrected chi connectivity index (χ1v) is 9.63. The summed E-state index contributed by atoms with van der Waals surface area (Å²) in [5.74, 6) is 0.414.